The molecule has 25 heavy (non-hydrogen) atoms. The van der Waals surface area contributed by atoms with E-state index < -0.39 is 12.4 Å². The van der Waals surface area contributed by atoms with E-state index in [-0.39, 0.29) is 30.0 Å². The van der Waals surface area contributed by atoms with E-state index in [4.69, 9.17) is 18.9 Å². The molecule has 0 bridgehead atoms. The van der Waals surface area contributed by atoms with E-state index >= 15 is 0 Å². The number of hydrogen-bond acceptors (Lipinski definition) is 5. The SMILES string of the molecule is COC(=O)C1O[C@H](OCC2O[C@@H](C)C(C)[C@@H](C)[C@@H]2C)C(C)[C@@H](C)[C@@H]1C. The lowest BCUT2D eigenvalue weighted by Gasteiger charge is -2.45. The van der Waals surface area contributed by atoms with E-state index in [2.05, 4.69) is 41.5 Å². The lowest BCUT2D eigenvalue weighted by atomic mass is 9.77. The van der Waals surface area contributed by atoms with Crippen molar-refractivity contribution in [3.63, 3.8) is 0 Å². The van der Waals surface area contributed by atoms with Crippen LogP contribution in [0.2, 0.25) is 0 Å². The van der Waals surface area contributed by atoms with Gasteiger partial charge in [0.2, 0.25) is 0 Å². The van der Waals surface area contributed by atoms with Crippen LogP contribution in [-0.2, 0) is 23.7 Å². The van der Waals surface area contributed by atoms with Crippen molar-refractivity contribution in [2.45, 2.75) is 73.1 Å². The summed E-state index contributed by atoms with van der Waals surface area (Å²) < 4.78 is 23.2. The van der Waals surface area contributed by atoms with Gasteiger partial charge in [0.1, 0.15) is 0 Å². The Hall–Kier alpha value is -0.650. The van der Waals surface area contributed by atoms with Crippen LogP contribution in [0, 0.1) is 35.5 Å². The third-order valence-corrected chi connectivity index (χ3v) is 7.08. The van der Waals surface area contributed by atoms with Gasteiger partial charge in [0.05, 0.1) is 25.9 Å². The van der Waals surface area contributed by atoms with E-state index in [9.17, 15) is 4.79 Å². The van der Waals surface area contributed by atoms with Crippen molar-refractivity contribution in [1.82, 2.24) is 0 Å². The summed E-state index contributed by atoms with van der Waals surface area (Å²) in [5.74, 6) is 1.86. The first kappa shape index (κ1) is 20.7. The fourth-order valence-corrected chi connectivity index (χ4v) is 4.12. The van der Waals surface area contributed by atoms with Crippen LogP contribution in [-0.4, -0.2) is 44.3 Å². The molecule has 0 aromatic carbocycles. The van der Waals surface area contributed by atoms with Gasteiger partial charge in [-0.2, -0.15) is 0 Å². The van der Waals surface area contributed by atoms with Crippen LogP contribution in [0.25, 0.3) is 0 Å². The fourth-order valence-electron chi connectivity index (χ4n) is 4.12. The summed E-state index contributed by atoms with van der Waals surface area (Å²) in [5.41, 5.74) is 0. The number of ether oxygens (including phenoxy) is 4. The Kier molecular flexibility index (Phi) is 6.91. The van der Waals surface area contributed by atoms with Gasteiger partial charge in [0, 0.05) is 5.92 Å². The molecule has 0 aromatic rings. The molecule has 2 aliphatic rings. The van der Waals surface area contributed by atoms with E-state index in [0.717, 1.165) is 0 Å². The number of methoxy groups -OCH3 is 1. The quantitative estimate of drug-likeness (QED) is 0.722. The molecule has 2 heterocycles. The summed E-state index contributed by atoms with van der Waals surface area (Å²) >= 11 is 0. The van der Waals surface area contributed by atoms with Crippen molar-refractivity contribution in [1.29, 1.82) is 0 Å². The van der Waals surface area contributed by atoms with Crippen molar-refractivity contribution in [2.24, 2.45) is 35.5 Å². The van der Waals surface area contributed by atoms with E-state index in [1.807, 2.05) is 6.92 Å². The second-order valence-electron chi connectivity index (χ2n) is 8.32. The van der Waals surface area contributed by atoms with Crippen molar-refractivity contribution in [3.05, 3.63) is 0 Å². The first-order valence-corrected chi connectivity index (χ1v) is 9.69. The molecule has 4 unspecified atom stereocenters. The van der Waals surface area contributed by atoms with Crippen LogP contribution in [0.1, 0.15) is 48.5 Å². The van der Waals surface area contributed by atoms with Gasteiger partial charge in [0.25, 0.3) is 0 Å². The van der Waals surface area contributed by atoms with E-state index in [1.165, 1.54) is 7.11 Å². The Labute approximate surface area is 152 Å². The molecule has 0 spiro atoms. The highest BCUT2D eigenvalue weighted by Gasteiger charge is 2.44. The topological polar surface area (TPSA) is 54.0 Å². The summed E-state index contributed by atoms with van der Waals surface area (Å²) in [5, 5.41) is 0. The lowest BCUT2D eigenvalue weighted by molar-refractivity contribution is -0.265. The van der Waals surface area contributed by atoms with Gasteiger partial charge in [-0.3, -0.25) is 0 Å². The van der Waals surface area contributed by atoms with Gasteiger partial charge in [-0.1, -0.05) is 41.5 Å². The molecule has 2 fully saturated rings. The molecule has 5 heteroatoms. The predicted molar refractivity (Wildman–Crippen MR) is 95.9 cm³/mol. The number of rotatable bonds is 4. The Morgan fingerprint density at radius 2 is 1.40 bits per heavy atom. The minimum atomic E-state index is -0.566. The molecule has 0 aliphatic carbocycles. The van der Waals surface area contributed by atoms with Crippen LogP contribution >= 0.6 is 0 Å². The Morgan fingerprint density at radius 1 is 0.800 bits per heavy atom. The van der Waals surface area contributed by atoms with Crippen molar-refractivity contribution >= 4 is 5.97 Å². The van der Waals surface area contributed by atoms with Gasteiger partial charge in [0.15, 0.2) is 12.4 Å². The predicted octanol–water partition coefficient (Wildman–Crippen LogP) is 3.50. The Balaban J connectivity index is 2.00. The van der Waals surface area contributed by atoms with Crippen LogP contribution in [0.5, 0.6) is 0 Å². The summed E-state index contributed by atoms with van der Waals surface area (Å²) in [4.78, 5) is 12.0. The van der Waals surface area contributed by atoms with Crippen LogP contribution in [0.15, 0.2) is 0 Å². The first-order chi connectivity index (χ1) is 11.7. The second-order valence-corrected chi connectivity index (χ2v) is 8.32. The standard InChI is InChI=1S/C20H36O5/c1-10-12(3)16(7)24-17(13(10)4)9-23-20-15(6)11(2)14(5)18(25-20)19(21)22-8/h10-18,20H,9H2,1-8H3/t10-,11+,12?,13+,14+,15?,16+,17?,18?,20+/m1/s1. The number of hydrogen-bond donors (Lipinski definition) is 0. The third kappa shape index (κ3) is 4.20. The highest BCUT2D eigenvalue weighted by molar-refractivity contribution is 5.75. The summed E-state index contributed by atoms with van der Waals surface area (Å²) in [6.45, 7) is 15.7. The van der Waals surface area contributed by atoms with E-state index in [1.54, 1.807) is 0 Å². The maximum atomic E-state index is 12.0. The van der Waals surface area contributed by atoms with Crippen molar-refractivity contribution in [3.8, 4) is 0 Å². The summed E-state index contributed by atoms with van der Waals surface area (Å²) in [6.07, 6.45) is -0.686. The highest BCUT2D eigenvalue weighted by Crippen LogP contribution is 2.38. The Bertz CT molecular complexity index is 453. The zero-order valence-corrected chi connectivity index (χ0v) is 17.0. The number of esters is 1. The molecule has 146 valence electrons. The molecular formula is C20H36O5. The van der Waals surface area contributed by atoms with Crippen LogP contribution < -0.4 is 0 Å². The molecule has 0 N–H and O–H groups in total. The van der Waals surface area contributed by atoms with Gasteiger partial charge < -0.3 is 18.9 Å². The maximum Gasteiger partial charge on any atom is 0.335 e. The van der Waals surface area contributed by atoms with E-state index in [0.29, 0.717) is 30.3 Å². The normalized spacial score (nSPS) is 48.2. The zero-order valence-electron chi connectivity index (χ0n) is 17.0. The number of carbonyl (C=O) groups excluding carboxylic acids is 1. The Morgan fingerprint density at radius 3 is 2.00 bits per heavy atom. The molecule has 0 aromatic heterocycles. The highest BCUT2D eigenvalue weighted by atomic mass is 16.7. The zero-order chi connectivity index (χ0) is 18.9. The summed E-state index contributed by atoms with van der Waals surface area (Å²) in [6, 6.07) is 0. The van der Waals surface area contributed by atoms with Gasteiger partial charge >= 0.3 is 5.97 Å². The smallest absolute Gasteiger partial charge is 0.335 e. The largest absolute Gasteiger partial charge is 0.467 e. The van der Waals surface area contributed by atoms with Gasteiger partial charge in [-0.05, 0) is 36.5 Å². The molecule has 2 rings (SSSR count). The minimum Gasteiger partial charge on any atom is -0.467 e. The molecule has 0 radical (unpaired) electrons. The molecular weight excluding hydrogens is 320 g/mol. The maximum absolute atomic E-state index is 12.0. The number of carbonyl (C=O) groups is 1. The van der Waals surface area contributed by atoms with Crippen molar-refractivity contribution in [2.75, 3.05) is 13.7 Å². The van der Waals surface area contributed by atoms with Crippen LogP contribution in [0.3, 0.4) is 0 Å². The minimum absolute atomic E-state index is 0.0585. The van der Waals surface area contributed by atoms with Crippen LogP contribution in [0.4, 0.5) is 0 Å². The fraction of sp³-hybridized carbons (Fsp3) is 0.950. The molecule has 2 aliphatic heterocycles. The van der Waals surface area contributed by atoms with Gasteiger partial charge in [-0.25, -0.2) is 4.79 Å². The molecule has 2 saturated heterocycles. The second kappa shape index (κ2) is 8.36. The monoisotopic (exact) mass is 356 g/mol. The average Bonchev–Trinajstić information content (AvgIpc) is 2.60. The molecule has 0 saturated carbocycles. The third-order valence-electron chi connectivity index (χ3n) is 7.08. The van der Waals surface area contributed by atoms with Gasteiger partial charge in [-0.15, -0.1) is 0 Å². The molecule has 5 nitrogen and oxygen atoms in total. The van der Waals surface area contributed by atoms with Crippen molar-refractivity contribution < 1.29 is 23.7 Å². The molecule has 10 atom stereocenters. The molecule has 0 amide bonds. The first-order valence-electron chi connectivity index (χ1n) is 9.69. The average molecular weight is 357 g/mol. The lowest BCUT2D eigenvalue weighted by Crippen LogP contribution is -2.51. The summed E-state index contributed by atoms with van der Waals surface area (Å²) in [7, 11) is 1.40.